The molecule has 2 N–H and O–H groups in total. The molecule has 0 bridgehead atoms. The number of methoxy groups -OCH3 is 1. The second-order valence-electron chi connectivity index (χ2n) is 8.67. The molecule has 8 heteroatoms. The van der Waals surface area contributed by atoms with E-state index in [2.05, 4.69) is 10.6 Å². The van der Waals surface area contributed by atoms with Gasteiger partial charge in [0, 0.05) is 36.9 Å². The van der Waals surface area contributed by atoms with Gasteiger partial charge in [-0.25, -0.2) is 4.79 Å². The number of aldehydes is 1. The molecule has 0 radical (unpaired) electrons. The molecule has 35 heavy (non-hydrogen) atoms. The molecule has 2 rings (SSSR count). The number of anilines is 1. The Morgan fingerprint density at radius 2 is 1.71 bits per heavy atom. The molecule has 2 atom stereocenters. The molecule has 0 aliphatic rings. The fraction of sp³-hybridized carbons (Fsp3) is 0.407. The van der Waals surface area contributed by atoms with Crippen LogP contribution in [0.5, 0.6) is 0 Å². The Morgan fingerprint density at radius 3 is 2.31 bits per heavy atom. The maximum atomic E-state index is 12.1. The molecule has 8 nitrogen and oxygen atoms in total. The van der Waals surface area contributed by atoms with E-state index in [9.17, 15) is 19.2 Å². The molecule has 0 aliphatic carbocycles. The zero-order valence-corrected chi connectivity index (χ0v) is 20.5. The number of carbonyl (C=O) groups is 4. The van der Waals surface area contributed by atoms with Crippen LogP contribution in [0.3, 0.4) is 0 Å². The van der Waals surface area contributed by atoms with Crippen LogP contribution in [-0.2, 0) is 41.7 Å². The van der Waals surface area contributed by atoms with Gasteiger partial charge < -0.3 is 24.9 Å². The summed E-state index contributed by atoms with van der Waals surface area (Å²) < 4.78 is 10.1. The normalized spacial score (nSPS) is 13.1. The Bertz CT molecular complexity index is 977. The minimum absolute atomic E-state index is 0.140. The average Bonchev–Trinajstić information content (AvgIpc) is 2.89. The average molecular weight is 483 g/mol. The molecule has 0 saturated heterocycles. The van der Waals surface area contributed by atoms with Crippen molar-refractivity contribution in [3.05, 3.63) is 65.7 Å². The minimum atomic E-state index is -0.758. The van der Waals surface area contributed by atoms with Crippen LogP contribution in [0.2, 0.25) is 0 Å². The summed E-state index contributed by atoms with van der Waals surface area (Å²) in [5.74, 6) is -1.07. The van der Waals surface area contributed by atoms with Crippen molar-refractivity contribution >= 4 is 29.8 Å². The number of benzene rings is 2. The Morgan fingerprint density at radius 1 is 1.03 bits per heavy atom. The lowest BCUT2D eigenvalue weighted by Crippen LogP contribution is -2.42. The predicted octanol–water partition coefficient (Wildman–Crippen LogP) is 3.44. The lowest BCUT2D eigenvalue weighted by Gasteiger charge is -2.24. The van der Waals surface area contributed by atoms with E-state index in [-0.39, 0.29) is 31.3 Å². The number of nitrogens with one attached hydrogen (secondary N) is 2. The summed E-state index contributed by atoms with van der Waals surface area (Å²) >= 11 is 0. The van der Waals surface area contributed by atoms with Gasteiger partial charge in [0.1, 0.15) is 18.9 Å². The molecule has 0 aliphatic heterocycles. The van der Waals surface area contributed by atoms with Crippen molar-refractivity contribution in [1.29, 1.82) is 0 Å². The third-order valence-electron chi connectivity index (χ3n) is 5.66. The van der Waals surface area contributed by atoms with E-state index in [1.165, 1.54) is 7.11 Å². The standard InChI is InChI=1S/C27H34N2O6/c1-4-24(31)29-23(26(33)34-3)16-20-10-12-22(13-11-20)28-18-27(2,19-30)15-14-25(32)35-17-21-8-6-5-7-9-21/h5-13,19,23,28H,4,14-18H2,1-3H3,(H,29,31)/t23-,27-/m1/s1. The number of ether oxygens (including phenoxy) is 2. The highest BCUT2D eigenvalue weighted by Crippen LogP contribution is 2.23. The fourth-order valence-electron chi connectivity index (χ4n) is 3.32. The van der Waals surface area contributed by atoms with E-state index in [4.69, 9.17) is 9.47 Å². The number of carbonyl (C=O) groups excluding carboxylic acids is 4. The maximum Gasteiger partial charge on any atom is 0.328 e. The number of esters is 2. The van der Waals surface area contributed by atoms with Crippen LogP contribution in [0.15, 0.2) is 54.6 Å². The van der Waals surface area contributed by atoms with Gasteiger partial charge in [-0.2, -0.15) is 0 Å². The highest BCUT2D eigenvalue weighted by molar-refractivity contribution is 5.84. The predicted molar refractivity (Wildman–Crippen MR) is 133 cm³/mol. The summed E-state index contributed by atoms with van der Waals surface area (Å²) in [4.78, 5) is 47.6. The molecule has 0 saturated carbocycles. The van der Waals surface area contributed by atoms with Crippen LogP contribution in [-0.4, -0.2) is 43.8 Å². The smallest absolute Gasteiger partial charge is 0.328 e. The van der Waals surface area contributed by atoms with Crippen LogP contribution in [0.25, 0.3) is 0 Å². The van der Waals surface area contributed by atoms with Crippen molar-refractivity contribution in [2.24, 2.45) is 5.41 Å². The van der Waals surface area contributed by atoms with Gasteiger partial charge in [-0.1, -0.05) is 56.3 Å². The van der Waals surface area contributed by atoms with Gasteiger partial charge in [0.2, 0.25) is 5.91 Å². The van der Waals surface area contributed by atoms with Gasteiger partial charge in [-0.05, 0) is 29.7 Å². The first kappa shape index (κ1) is 27.6. The van der Waals surface area contributed by atoms with Crippen molar-refractivity contribution in [2.45, 2.75) is 52.2 Å². The van der Waals surface area contributed by atoms with Crippen molar-refractivity contribution in [2.75, 3.05) is 19.0 Å². The van der Waals surface area contributed by atoms with Gasteiger partial charge in [0.15, 0.2) is 0 Å². The molecule has 0 fully saturated rings. The van der Waals surface area contributed by atoms with Crippen molar-refractivity contribution < 1.29 is 28.7 Å². The Kier molecular flexibility index (Phi) is 10.9. The van der Waals surface area contributed by atoms with Gasteiger partial charge >= 0.3 is 11.9 Å². The van der Waals surface area contributed by atoms with Crippen molar-refractivity contribution in [3.63, 3.8) is 0 Å². The SMILES string of the molecule is CCC(=O)N[C@H](Cc1ccc(NC[C@](C)(C=O)CCC(=O)OCc2ccccc2)cc1)C(=O)OC. The van der Waals surface area contributed by atoms with Crippen molar-refractivity contribution in [1.82, 2.24) is 5.32 Å². The lowest BCUT2D eigenvalue weighted by atomic mass is 9.87. The highest BCUT2D eigenvalue weighted by Gasteiger charge is 2.25. The summed E-state index contributed by atoms with van der Waals surface area (Å²) in [7, 11) is 1.29. The molecule has 0 aromatic heterocycles. The number of rotatable bonds is 14. The Hall–Kier alpha value is -3.68. The Labute approximate surface area is 206 Å². The molecule has 0 unspecified atom stereocenters. The zero-order valence-electron chi connectivity index (χ0n) is 20.5. The summed E-state index contributed by atoms with van der Waals surface area (Å²) in [6.45, 7) is 4.06. The Balaban J connectivity index is 1.85. The zero-order chi connectivity index (χ0) is 25.7. The summed E-state index contributed by atoms with van der Waals surface area (Å²) in [5, 5.41) is 5.90. The quantitative estimate of drug-likeness (QED) is 0.313. The highest BCUT2D eigenvalue weighted by atomic mass is 16.5. The number of amides is 1. The van der Waals surface area contributed by atoms with Crippen LogP contribution in [0.1, 0.15) is 44.2 Å². The molecule has 1 amide bonds. The maximum absolute atomic E-state index is 12.1. The van der Waals surface area contributed by atoms with E-state index in [0.717, 1.165) is 23.1 Å². The monoisotopic (exact) mass is 482 g/mol. The van der Waals surface area contributed by atoms with Gasteiger partial charge in [-0.15, -0.1) is 0 Å². The summed E-state index contributed by atoms with van der Waals surface area (Å²) in [5.41, 5.74) is 1.81. The number of hydrogen-bond acceptors (Lipinski definition) is 7. The van der Waals surface area contributed by atoms with Crippen LogP contribution in [0, 0.1) is 5.41 Å². The molecular weight excluding hydrogens is 448 g/mol. The number of hydrogen-bond donors (Lipinski definition) is 2. The first-order chi connectivity index (χ1) is 16.8. The third kappa shape index (κ3) is 9.60. The third-order valence-corrected chi connectivity index (χ3v) is 5.66. The lowest BCUT2D eigenvalue weighted by molar-refractivity contribution is -0.146. The van der Waals surface area contributed by atoms with Crippen LogP contribution >= 0.6 is 0 Å². The van der Waals surface area contributed by atoms with Gasteiger partial charge in [-0.3, -0.25) is 9.59 Å². The van der Waals surface area contributed by atoms with E-state index >= 15 is 0 Å². The second kappa shape index (κ2) is 13.9. The first-order valence-corrected chi connectivity index (χ1v) is 11.6. The van der Waals surface area contributed by atoms with Crippen LogP contribution in [0.4, 0.5) is 5.69 Å². The van der Waals surface area contributed by atoms with E-state index in [1.807, 2.05) is 54.6 Å². The second-order valence-corrected chi connectivity index (χ2v) is 8.67. The topological polar surface area (TPSA) is 111 Å². The molecule has 0 heterocycles. The van der Waals surface area contributed by atoms with E-state index < -0.39 is 17.4 Å². The van der Waals surface area contributed by atoms with E-state index in [0.29, 0.717) is 19.4 Å². The molecule has 188 valence electrons. The van der Waals surface area contributed by atoms with Gasteiger partial charge in [0.05, 0.1) is 7.11 Å². The molecule has 2 aromatic carbocycles. The van der Waals surface area contributed by atoms with E-state index in [1.54, 1.807) is 13.8 Å². The largest absolute Gasteiger partial charge is 0.467 e. The molecular formula is C27H34N2O6. The fourth-order valence-corrected chi connectivity index (χ4v) is 3.32. The summed E-state index contributed by atoms with van der Waals surface area (Å²) in [6.07, 6.45) is 1.93. The minimum Gasteiger partial charge on any atom is -0.467 e. The molecule has 0 spiro atoms. The van der Waals surface area contributed by atoms with Gasteiger partial charge in [0.25, 0.3) is 0 Å². The van der Waals surface area contributed by atoms with Crippen LogP contribution < -0.4 is 10.6 Å². The summed E-state index contributed by atoms with van der Waals surface area (Å²) in [6, 6.07) is 16.0. The first-order valence-electron chi connectivity index (χ1n) is 11.6. The molecule has 2 aromatic rings. The van der Waals surface area contributed by atoms with Crippen molar-refractivity contribution in [3.8, 4) is 0 Å².